The lowest BCUT2D eigenvalue weighted by Crippen LogP contribution is -2.26. The maximum absolute atomic E-state index is 10.8. The van der Waals surface area contributed by atoms with E-state index in [2.05, 4.69) is 42.5 Å². The third-order valence-electron chi connectivity index (χ3n) is 5.25. The molecule has 0 heterocycles. The van der Waals surface area contributed by atoms with Crippen molar-refractivity contribution in [1.82, 2.24) is 0 Å². The number of aromatic hydroxyl groups is 2. The van der Waals surface area contributed by atoms with E-state index in [1.165, 1.54) is 0 Å². The van der Waals surface area contributed by atoms with Gasteiger partial charge in [0.25, 0.3) is 0 Å². The molecule has 4 aromatic rings. The van der Waals surface area contributed by atoms with Crippen molar-refractivity contribution in [3.05, 3.63) is 117 Å². The summed E-state index contributed by atoms with van der Waals surface area (Å²) in [5, 5.41) is 28.7. The number of hydrogen-bond acceptors (Lipinski definition) is 4. The molecule has 0 amide bonds. The zero-order chi connectivity index (χ0) is 22.5. The van der Waals surface area contributed by atoms with E-state index in [4.69, 9.17) is 0 Å². The molecule has 0 saturated heterocycles. The predicted octanol–water partition coefficient (Wildman–Crippen LogP) is 7.63. The summed E-state index contributed by atoms with van der Waals surface area (Å²) in [5.74, 6) is 0.345. The van der Waals surface area contributed by atoms with Gasteiger partial charge in [-0.1, -0.05) is 60.7 Å². The molecule has 32 heavy (non-hydrogen) atoms. The largest absolute Gasteiger partial charge is 0.508 e. The third kappa shape index (κ3) is 4.92. The van der Waals surface area contributed by atoms with Crippen molar-refractivity contribution < 1.29 is 10.2 Å². The topological polar surface area (TPSA) is 64.5 Å². The van der Waals surface area contributed by atoms with E-state index in [0.717, 1.165) is 20.3 Å². The van der Waals surface area contributed by atoms with E-state index < -0.39 is 12.1 Å². The van der Waals surface area contributed by atoms with Crippen LogP contribution in [0, 0.1) is 0 Å². The van der Waals surface area contributed by atoms with E-state index in [-0.39, 0.29) is 11.5 Å². The number of nitrogens with one attached hydrogen (secondary N) is 2. The summed E-state index contributed by atoms with van der Waals surface area (Å²) in [7, 11) is 0. The molecule has 4 nitrogen and oxygen atoms in total. The van der Waals surface area contributed by atoms with Crippen molar-refractivity contribution >= 4 is 43.2 Å². The van der Waals surface area contributed by atoms with E-state index in [1.807, 2.05) is 72.8 Å². The lowest BCUT2D eigenvalue weighted by molar-refractivity contribution is 0.447. The molecular formula is C26H22Br2N2O2. The number of halogens is 2. The summed E-state index contributed by atoms with van der Waals surface area (Å²) in [6, 6.07) is 29.3. The minimum atomic E-state index is -0.421. The Hall–Kier alpha value is -2.96. The van der Waals surface area contributed by atoms with Crippen molar-refractivity contribution in [2.24, 2.45) is 0 Å². The van der Waals surface area contributed by atoms with Crippen LogP contribution >= 0.6 is 31.9 Å². The van der Waals surface area contributed by atoms with Gasteiger partial charge in [0.2, 0.25) is 0 Å². The highest BCUT2D eigenvalue weighted by Gasteiger charge is 2.29. The molecule has 0 aromatic heterocycles. The van der Waals surface area contributed by atoms with Gasteiger partial charge in [0.05, 0.1) is 12.1 Å². The highest BCUT2D eigenvalue weighted by Crippen LogP contribution is 2.42. The Labute approximate surface area is 204 Å². The van der Waals surface area contributed by atoms with Crippen LogP contribution in [0.5, 0.6) is 11.5 Å². The molecular weight excluding hydrogens is 532 g/mol. The SMILES string of the molecule is Oc1ccccc1C(Nc1ccccc1Br)C(Nc1ccccc1Br)c1ccccc1O. The highest BCUT2D eigenvalue weighted by molar-refractivity contribution is 9.11. The molecule has 4 aromatic carbocycles. The first-order valence-corrected chi connectivity index (χ1v) is 11.7. The van der Waals surface area contributed by atoms with E-state index in [1.54, 1.807) is 24.3 Å². The Balaban J connectivity index is 1.87. The van der Waals surface area contributed by atoms with Crippen LogP contribution in [0.1, 0.15) is 23.2 Å². The number of benzene rings is 4. The number of hydrogen-bond donors (Lipinski definition) is 4. The van der Waals surface area contributed by atoms with Crippen LogP contribution in [0.25, 0.3) is 0 Å². The van der Waals surface area contributed by atoms with Gasteiger partial charge in [-0.3, -0.25) is 0 Å². The van der Waals surface area contributed by atoms with Gasteiger partial charge in [0.15, 0.2) is 0 Å². The van der Waals surface area contributed by atoms with Crippen molar-refractivity contribution in [3.63, 3.8) is 0 Å². The van der Waals surface area contributed by atoms with Gasteiger partial charge in [0, 0.05) is 31.4 Å². The fourth-order valence-corrected chi connectivity index (χ4v) is 4.47. The van der Waals surface area contributed by atoms with Gasteiger partial charge in [-0.2, -0.15) is 0 Å². The summed E-state index contributed by atoms with van der Waals surface area (Å²) in [4.78, 5) is 0. The fraction of sp³-hybridized carbons (Fsp3) is 0.0769. The summed E-state index contributed by atoms with van der Waals surface area (Å²) < 4.78 is 1.80. The molecule has 0 spiro atoms. The van der Waals surface area contributed by atoms with Gasteiger partial charge < -0.3 is 20.8 Å². The third-order valence-corrected chi connectivity index (χ3v) is 6.63. The van der Waals surface area contributed by atoms with Gasteiger partial charge in [-0.15, -0.1) is 0 Å². The molecule has 2 atom stereocenters. The summed E-state index contributed by atoms with van der Waals surface area (Å²) in [6.07, 6.45) is 0. The molecule has 0 bridgehead atoms. The lowest BCUT2D eigenvalue weighted by atomic mass is 9.91. The van der Waals surface area contributed by atoms with Gasteiger partial charge >= 0.3 is 0 Å². The Morgan fingerprint density at radius 2 is 0.844 bits per heavy atom. The van der Waals surface area contributed by atoms with Crippen LogP contribution in [0.4, 0.5) is 11.4 Å². The Morgan fingerprint density at radius 1 is 0.500 bits per heavy atom. The maximum Gasteiger partial charge on any atom is 0.120 e. The molecule has 0 radical (unpaired) electrons. The zero-order valence-corrected chi connectivity index (χ0v) is 20.2. The average molecular weight is 554 g/mol. The normalized spacial score (nSPS) is 12.7. The molecule has 0 aliphatic heterocycles. The van der Waals surface area contributed by atoms with Crippen LogP contribution in [-0.4, -0.2) is 10.2 Å². The molecule has 4 rings (SSSR count). The molecule has 6 heteroatoms. The van der Waals surface area contributed by atoms with Crippen LogP contribution < -0.4 is 10.6 Å². The number of phenols is 2. The minimum Gasteiger partial charge on any atom is -0.508 e. The van der Waals surface area contributed by atoms with Crippen LogP contribution in [-0.2, 0) is 0 Å². The van der Waals surface area contributed by atoms with Crippen molar-refractivity contribution in [2.45, 2.75) is 12.1 Å². The smallest absolute Gasteiger partial charge is 0.120 e. The van der Waals surface area contributed by atoms with Crippen molar-refractivity contribution in [2.75, 3.05) is 10.6 Å². The fourth-order valence-electron chi connectivity index (χ4n) is 3.67. The summed E-state index contributed by atoms with van der Waals surface area (Å²) in [6.45, 7) is 0. The van der Waals surface area contributed by atoms with Gasteiger partial charge in [-0.05, 0) is 68.3 Å². The number of rotatable bonds is 7. The highest BCUT2D eigenvalue weighted by atomic mass is 79.9. The second-order valence-corrected chi connectivity index (χ2v) is 9.03. The summed E-state index contributed by atoms with van der Waals surface area (Å²) in [5.41, 5.74) is 3.15. The number of para-hydroxylation sites is 4. The second kappa shape index (κ2) is 10.1. The average Bonchev–Trinajstić information content (AvgIpc) is 2.80. The molecule has 0 aliphatic carbocycles. The standard InChI is InChI=1S/C26H22Br2N2O2/c27-19-11-3-5-13-21(19)29-25(17-9-1-7-15-23(17)31)26(18-10-2-8-16-24(18)32)30-22-14-6-4-12-20(22)28/h1-16,25-26,29-32H. The van der Waals surface area contributed by atoms with Crippen LogP contribution in [0.15, 0.2) is 106 Å². The monoisotopic (exact) mass is 552 g/mol. The first-order chi connectivity index (χ1) is 15.5. The first-order valence-electron chi connectivity index (χ1n) is 10.1. The lowest BCUT2D eigenvalue weighted by Gasteiger charge is -2.32. The Bertz CT molecular complexity index is 1120. The van der Waals surface area contributed by atoms with Gasteiger partial charge in [-0.25, -0.2) is 0 Å². The number of anilines is 2. The van der Waals surface area contributed by atoms with Crippen LogP contribution in [0.3, 0.4) is 0 Å². The molecule has 2 unspecified atom stereocenters. The molecule has 0 aliphatic rings. The molecule has 162 valence electrons. The van der Waals surface area contributed by atoms with E-state index >= 15 is 0 Å². The van der Waals surface area contributed by atoms with Crippen molar-refractivity contribution in [3.8, 4) is 11.5 Å². The number of phenolic OH excluding ortho intramolecular Hbond substituents is 2. The quantitative estimate of drug-likeness (QED) is 0.190. The Kier molecular flexibility index (Phi) is 7.02. The van der Waals surface area contributed by atoms with E-state index in [9.17, 15) is 10.2 Å². The second-order valence-electron chi connectivity index (χ2n) is 7.32. The molecule has 0 fully saturated rings. The predicted molar refractivity (Wildman–Crippen MR) is 137 cm³/mol. The molecule has 4 N–H and O–H groups in total. The Morgan fingerprint density at radius 3 is 1.22 bits per heavy atom. The maximum atomic E-state index is 10.8. The minimum absolute atomic E-state index is 0.173. The first kappa shape index (κ1) is 22.2. The van der Waals surface area contributed by atoms with E-state index in [0.29, 0.717) is 11.1 Å². The molecule has 0 saturated carbocycles. The van der Waals surface area contributed by atoms with Crippen LogP contribution in [0.2, 0.25) is 0 Å². The van der Waals surface area contributed by atoms with Gasteiger partial charge in [0.1, 0.15) is 11.5 Å². The van der Waals surface area contributed by atoms with Crippen molar-refractivity contribution in [1.29, 1.82) is 0 Å². The summed E-state index contributed by atoms with van der Waals surface area (Å²) >= 11 is 7.22. The zero-order valence-electron chi connectivity index (χ0n) is 17.0.